The molecule has 1 unspecified atom stereocenters. The zero-order valence-electron chi connectivity index (χ0n) is 12.0. The Kier molecular flexibility index (Phi) is 6.07. The monoisotopic (exact) mass is 338 g/mol. The first-order valence-electron chi connectivity index (χ1n) is 6.73. The Morgan fingerprint density at radius 1 is 1.14 bits per heavy atom. The second kappa shape index (κ2) is 8.03. The molecule has 2 aromatic rings. The fraction of sp³-hybridized carbons (Fsp3) is 0.188. The molecule has 0 heterocycles. The van der Waals surface area contributed by atoms with Crippen LogP contribution >= 0.6 is 23.2 Å². The number of benzene rings is 2. The lowest BCUT2D eigenvalue weighted by Gasteiger charge is -2.15. The summed E-state index contributed by atoms with van der Waals surface area (Å²) in [7, 11) is 0. The zero-order valence-corrected chi connectivity index (χ0v) is 13.5. The van der Waals surface area contributed by atoms with Gasteiger partial charge in [0.2, 0.25) is 0 Å². The molecule has 22 heavy (non-hydrogen) atoms. The molecule has 0 radical (unpaired) electrons. The van der Waals surface area contributed by atoms with Crippen LogP contribution in [0.4, 0.5) is 4.79 Å². The van der Waals surface area contributed by atoms with Crippen molar-refractivity contribution in [3.63, 3.8) is 0 Å². The van der Waals surface area contributed by atoms with Crippen molar-refractivity contribution in [2.75, 3.05) is 0 Å². The first kappa shape index (κ1) is 16.6. The molecule has 0 aliphatic carbocycles. The zero-order chi connectivity index (χ0) is 15.9. The average Bonchev–Trinajstić information content (AvgIpc) is 2.51. The normalized spacial score (nSPS) is 11.8. The minimum Gasteiger partial charge on any atom is -0.330 e. The average molecular weight is 339 g/mol. The second-order valence-corrected chi connectivity index (χ2v) is 5.56. The lowest BCUT2D eigenvalue weighted by Crippen LogP contribution is -2.36. The van der Waals surface area contributed by atoms with Crippen molar-refractivity contribution < 1.29 is 9.63 Å². The molecule has 0 aromatic heterocycles. The van der Waals surface area contributed by atoms with Crippen molar-refractivity contribution in [2.45, 2.75) is 19.6 Å². The quantitative estimate of drug-likeness (QED) is 0.789. The van der Waals surface area contributed by atoms with Crippen LogP contribution < -0.4 is 10.8 Å². The van der Waals surface area contributed by atoms with E-state index < -0.39 is 6.03 Å². The molecule has 0 aliphatic heterocycles. The van der Waals surface area contributed by atoms with Gasteiger partial charge in [-0.25, -0.2) is 10.3 Å². The van der Waals surface area contributed by atoms with Crippen molar-refractivity contribution >= 4 is 29.2 Å². The number of urea groups is 1. The highest BCUT2D eigenvalue weighted by Gasteiger charge is 2.11. The molecule has 0 saturated heterocycles. The number of nitrogens with one attached hydrogen (secondary N) is 2. The maximum atomic E-state index is 11.8. The molecule has 2 aromatic carbocycles. The molecular weight excluding hydrogens is 323 g/mol. The van der Waals surface area contributed by atoms with E-state index in [4.69, 9.17) is 28.0 Å². The van der Waals surface area contributed by atoms with Crippen LogP contribution in [0.2, 0.25) is 10.0 Å². The van der Waals surface area contributed by atoms with E-state index in [2.05, 4.69) is 10.8 Å². The number of hydrogen-bond donors (Lipinski definition) is 2. The molecule has 0 aliphatic rings. The third-order valence-electron chi connectivity index (χ3n) is 3.04. The number of hydrogen-bond acceptors (Lipinski definition) is 2. The molecule has 1 atom stereocenters. The summed E-state index contributed by atoms with van der Waals surface area (Å²) in [6.45, 7) is 2.14. The summed E-state index contributed by atoms with van der Waals surface area (Å²) in [5.41, 5.74) is 4.18. The van der Waals surface area contributed by atoms with Gasteiger partial charge in [-0.2, -0.15) is 0 Å². The van der Waals surface area contributed by atoms with Crippen LogP contribution in [0.15, 0.2) is 48.5 Å². The lowest BCUT2D eigenvalue weighted by atomic mass is 10.1. The van der Waals surface area contributed by atoms with Crippen molar-refractivity contribution in [3.8, 4) is 0 Å². The highest BCUT2D eigenvalue weighted by Crippen LogP contribution is 2.25. The predicted octanol–water partition coefficient (Wildman–Crippen LogP) is 4.49. The third kappa shape index (κ3) is 4.91. The van der Waals surface area contributed by atoms with Gasteiger partial charge in [-0.05, 0) is 30.2 Å². The number of rotatable bonds is 5. The molecule has 0 saturated carbocycles. The molecule has 0 spiro atoms. The molecule has 6 heteroatoms. The summed E-state index contributed by atoms with van der Waals surface area (Å²) in [6, 6.07) is 14.1. The van der Waals surface area contributed by atoms with E-state index >= 15 is 0 Å². The third-order valence-corrected chi connectivity index (χ3v) is 3.78. The van der Waals surface area contributed by atoms with Gasteiger partial charge in [0.15, 0.2) is 0 Å². The fourth-order valence-corrected chi connectivity index (χ4v) is 2.16. The molecule has 2 amide bonds. The highest BCUT2D eigenvalue weighted by atomic mass is 35.5. The maximum absolute atomic E-state index is 11.8. The van der Waals surface area contributed by atoms with Gasteiger partial charge in [0.25, 0.3) is 0 Å². The van der Waals surface area contributed by atoms with E-state index in [-0.39, 0.29) is 6.04 Å². The van der Waals surface area contributed by atoms with Gasteiger partial charge in [0, 0.05) is 0 Å². The smallest absolute Gasteiger partial charge is 0.330 e. The molecular formula is C16H16Cl2N2O2. The number of hydroxylamine groups is 1. The SMILES string of the molecule is CC(NC(=O)NOCc1ccccc1)c1ccc(Cl)c(Cl)c1. The Labute approximate surface area is 139 Å². The highest BCUT2D eigenvalue weighted by molar-refractivity contribution is 6.42. The lowest BCUT2D eigenvalue weighted by molar-refractivity contribution is 0.0483. The van der Waals surface area contributed by atoms with Crippen molar-refractivity contribution in [2.24, 2.45) is 0 Å². The van der Waals surface area contributed by atoms with Crippen LogP contribution in [0.25, 0.3) is 0 Å². The molecule has 2 rings (SSSR count). The van der Waals surface area contributed by atoms with Crippen LogP contribution in [-0.2, 0) is 11.4 Å². The molecule has 0 fully saturated rings. The van der Waals surface area contributed by atoms with Crippen molar-refractivity contribution in [3.05, 3.63) is 69.7 Å². The standard InChI is InChI=1S/C16H16Cl2N2O2/c1-11(13-7-8-14(17)15(18)9-13)19-16(21)20-22-10-12-5-3-2-4-6-12/h2-9,11H,10H2,1H3,(H2,19,20,21). The van der Waals surface area contributed by atoms with Gasteiger partial charge in [0.05, 0.1) is 22.7 Å². The van der Waals surface area contributed by atoms with Crippen LogP contribution in [0.3, 0.4) is 0 Å². The molecule has 4 nitrogen and oxygen atoms in total. The van der Waals surface area contributed by atoms with Crippen LogP contribution in [0, 0.1) is 0 Å². The summed E-state index contributed by atoms with van der Waals surface area (Å²) >= 11 is 11.8. The van der Waals surface area contributed by atoms with E-state index in [1.807, 2.05) is 43.3 Å². The Morgan fingerprint density at radius 3 is 2.55 bits per heavy atom. The number of carbonyl (C=O) groups excluding carboxylic acids is 1. The van der Waals surface area contributed by atoms with Crippen LogP contribution in [0.5, 0.6) is 0 Å². The summed E-state index contributed by atoms with van der Waals surface area (Å²) < 4.78 is 0. The van der Waals surface area contributed by atoms with Gasteiger partial charge < -0.3 is 5.32 Å². The Hall–Kier alpha value is -1.75. The van der Waals surface area contributed by atoms with Crippen LogP contribution in [0.1, 0.15) is 24.1 Å². The summed E-state index contributed by atoms with van der Waals surface area (Å²) in [5, 5.41) is 3.68. The van der Waals surface area contributed by atoms with Gasteiger partial charge in [-0.3, -0.25) is 4.84 Å². The summed E-state index contributed by atoms with van der Waals surface area (Å²) in [4.78, 5) is 16.9. The van der Waals surface area contributed by atoms with Gasteiger partial charge >= 0.3 is 6.03 Å². The first-order valence-corrected chi connectivity index (χ1v) is 7.49. The van der Waals surface area contributed by atoms with E-state index in [1.54, 1.807) is 12.1 Å². The fourth-order valence-electron chi connectivity index (χ4n) is 1.85. The van der Waals surface area contributed by atoms with Gasteiger partial charge in [0.1, 0.15) is 0 Å². The molecule has 0 bridgehead atoms. The Balaban J connectivity index is 1.80. The van der Waals surface area contributed by atoms with Crippen molar-refractivity contribution in [1.29, 1.82) is 0 Å². The van der Waals surface area contributed by atoms with Gasteiger partial charge in [-0.15, -0.1) is 0 Å². The minimum atomic E-state index is -0.422. The Bertz CT molecular complexity index is 635. The predicted molar refractivity (Wildman–Crippen MR) is 87.8 cm³/mol. The maximum Gasteiger partial charge on any atom is 0.339 e. The largest absolute Gasteiger partial charge is 0.339 e. The molecule has 116 valence electrons. The van der Waals surface area contributed by atoms with E-state index in [0.29, 0.717) is 16.7 Å². The Morgan fingerprint density at radius 2 is 1.86 bits per heavy atom. The van der Waals surface area contributed by atoms with E-state index in [9.17, 15) is 4.79 Å². The topological polar surface area (TPSA) is 50.4 Å². The number of carbonyl (C=O) groups is 1. The summed E-state index contributed by atoms with van der Waals surface area (Å²) in [6.07, 6.45) is 0. The number of halogens is 2. The number of amides is 2. The summed E-state index contributed by atoms with van der Waals surface area (Å²) in [5.74, 6) is 0. The van der Waals surface area contributed by atoms with E-state index in [1.165, 1.54) is 0 Å². The van der Waals surface area contributed by atoms with E-state index in [0.717, 1.165) is 11.1 Å². The van der Waals surface area contributed by atoms with Crippen LogP contribution in [-0.4, -0.2) is 6.03 Å². The van der Waals surface area contributed by atoms with Gasteiger partial charge in [-0.1, -0.05) is 59.6 Å². The second-order valence-electron chi connectivity index (χ2n) is 4.75. The van der Waals surface area contributed by atoms with Crippen molar-refractivity contribution in [1.82, 2.24) is 10.8 Å². The first-order chi connectivity index (χ1) is 10.6. The minimum absolute atomic E-state index is 0.227. The molecule has 2 N–H and O–H groups in total.